The molecule has 3 heterocycles. The van der Waals surface area contributed by atoms with Gasteiger partial charge < -0.3 is 14.6 Å². The number of fused-ring (bicyclic) bond motifs is 2. The summed E-state index contributed by atoms with van der Waals surface area (Å²) in [5, 5.41) is 9.54. The van der Waals surface area contributed by atoms with E-state index in [2.05, 4.69) is 13.0 Å². The number of hydrogen-bond donors (Lipinski definition) is 1. The molecule has 0 unspecified atom stereocenters. The standard InChI is InChI=1S/C35H30N2O5S2/c1-21-29(20-43-35-36-28-8-4-5-9-30(28)44-35)41-34(42-31(21)24-14-12-23(19-38)13-15-24)25-16-10-22(11-17-25)18-37-32(39)26-6-2-3-7-27(26)33(37)40/h2-17,21,29,31,34,38H,18-20H2,1H3/t21-,29+,31+,34+/m0/s1. The van der Waals surface area contributed by atoms with Crippen LogP contribution in [0.2, 0.25) is 0 Å². The van der Waals surface area contributed by atoms with Crippen LogP contribution in [0.4, 0.5) is 0 Å². The summed E-state index contributed by atoms with van der Waals surface area (Å²) >= 11 is 3.38. The summed E-state index contributed by atoms with van der Waals surface area (Å²) in [7, 11) is 0. The number of imide groups is 1. The van der Waals surface area contributed by atoms with Crippen LogP contribution in [0.1, 0.15) is 62.3 Å². The number of amides is 2. The van der Waals surface area contributed by atoms with E-state index in [9.17, 15) is 14.7 Å². The van der Waals surface area contributed by atoms with Crippen LogP contribution in [0.25, 0.3) is 10.2 Å². The van der Waals surface area contributed by atoms with Crippen LogP contribution in [0.5, 0.6) is 0 Å². The summed E-state index contributed by atoms with van der Waals surface area (Å²) < 4.78 is 15.4. The first-order valence-corrected chi connectivity index (χ1v) is 16.3. The molecule has 2 aliphatic heterocycles. The minimum Gasteiger partial charge on any atom is -0.392 e. The molecule has 9 heteroatoms. The topological polar surface area (TPSA) is 89.0 Å². The first-order valence-electron chi connectivity index (χ1n) is 14.5. The number of aromatic nitrogens is 1. The van der Waals surface area contributed by atoms with Gasteiger partial charge in [-0.1, -0.05) is 91.5 Å². The fourth-order valence-electron chi connectivity index (χ4n) is 5.72. The number of thiazole rings is 1. The van der Waals surface area contributed by atoms with Crippen molar-refractivity contribution < 1.29 is 24.2 Å². The Labute approximate surface area is 263 Å². The lowest BCUT2D eigenvalue weighted by molar-refractivity contribution is -0.268. The van der Waals surface area contributed by atoms with Crippen molar-refractivity contribution in [1.82, 2.24) is 9.88 Å². The van der Waals surface area contributed by atoms with Gasteiger partial charge in [0.25, 0.3) is 11.8 Å². The molecule has 222 valence electrons. The SMILES string of the molecule is C[C@H]1[C@@H](CSc2nc3ccccc3s2)O[C@@H](c2ccc(CN3C(=O)c4ccccc4C3=O)cc2)O[C@H]1c1ccc(CO)cc1. The number of benzene rings is 4. The molecule has 0 saturated carbocycles. The Morgan fingerprint density at radius 3 is 2.14 bits per heavy atom. The van der Waals surface area contributed by atoms with E-state index in [1.807, 2.05) is 66.7 Å². The van der Waals surface area contributed by atoms with Gasteiger partial charge in [-0.15, -0.1) is 11.3 Å². The summed E-state index contributed by atoms with van der Waals surface area (Å²) in [5.74, 6) is 0.225. The van der Waals surface area contributed by atoms with E-state index in [4.69, 9.17) is 14.5 Å². The number of aliphatic hydroxyl groups is 1. The Bertz CT molecular complexity index is 1750. The predicted molar refractivity (Wildman–Crippen MR) is 170 cm³/mol. The highest BCUT2D eigenvalue weighted by molar-refractivity contribution is 8.01. The Hall–Kier alpha value is -3.86. The second-order valence-corrected chi connectivity index (χ2v) is 13.4. The van der Waals surface area contributed by atoms with Gasteiger partial charge in [-0.3, -0.25) is 14.5 Å². The smallest absolute Gasteiger partial charge is 0.261 e. The maximum atomic E-state index is 12.9. The van der Waals surface area contributed by atoms with E-state index >= 15 is 0 Å². The molecule has 0 aliphatic carbocycles. The molecule has 2 amide bonds. The number of hydrogen-bond acceptors (Lipinski definition) is 8. The zero-order chi connectivity index (χ0) is 30.2. The molecule has 2 aliphatic rings. The van der Waals surface area contributed by atoms with Crippen LogP contribution in [0.15, 0.2) is 101 Å². The highest BCUT2D eigenvalue weighted by Gasteiger charge is 2.39. The van der Waals surface area contributed by atoms with Crippen molar-refractivity contribution in [3.05, 3.63) is 130 Å². The van der Waals surface area contributed by atoms with Crippen molar-refractivity contribution in [3.63, 3.8) is 0 Å². The summed E-state index contributed by atoms with van der Waals surface area (Å²) in [6, 6.07) is 30.7. The zero-order valence-electron chi connectivity index (χ0n) is 24.0. The molecule has 0 radical (unpaired) electrons. The molecule has 44 heavy (non-hydrogen) atoms. The molecule has 4 atom stereocenters. The molecular weight excluding hydrogens is 593 g/mol. The monoisotopic (exact) mass is 622 g/mol. The normalized spacial score (nSPS) is 21.6. The summed E-state index contributed by atoms with van der Waals surface area (Å²) in [6.45, 7) is 2.33. The average molecular weight is 623 g/mol. The van der Waals surface area contributed by atoms with Gasteiger partial charge in [-0.05, 0) is 41.0 Å². The minimum absolute atomic E-state index is 0.0123. The summed E-state index contributed by atoms with van der Waals surface area (Å²) in [5.41, 5.74) is 5.46. The van der Waals surface area contributed by atoms with Crippen LogP contribution in [-0.4, -0.2) is 38.7 Å². The van der Waals surface area contributed by atoms with Crippen molar-refractivity contribution in [2.24, 2.45) is 5.92 Å². The van der Waals surface area contributed by atoms with Gasteiger partial charge in [0.05, 0.1) is 46.7 Å². The molecule has 0 bridgehead atoms. The van der Waals surface area contributed by atoms with E-state index in [-0.39, 0.29) is 43.1 Å². The third-order valence-corrected chi connectivity index (χ3v) is 10.5. The van der Waals surface area contributed by atoms with Crippen LogP contribution >= 0.6 is 23.1 Å². The summed E-state index contributed by atoms with van der Waals surface area (Å²) in [6.07, 6.45) is -0.949. The fourth-order valence-corrected chi connectivity index (χ4v) is 7.98. The minimum atomic E-state index is -0.608. The van der Waals surface area contributed by atoms with Crippen LogP contribution in [-0.2, 0) is 22.6 Å². The van der Waals surface area contributed by atoms with Crippen molar-refractivity contribution in [1.29, 1.82) is 0 Å². The van der Waals surface area contributed by atoms with E-state index in [0.717, 1.165) is 36.8 Å². The number of carbonyl (C=O) groups excluding carboxylic acids is 2. The zero-order valence-corrected chi connectivity index (χ0v) is 25.6. The summed E-state index contributed by atoms with van der Waals surface area (Å²) in [4.78, 5) is 31.8. The molecule has 4 aromatic carbocycles. The number of aliphatic hydroxyl groups excluding tert-OH is 1. The molecule has 0 spiro atoms. The highest BCUT2D eigenvalue weighted by Crippen LogP contribution is 2.43. The highest BCUT2D eigenvalue weighted by atomic mass is 32.2. The first kappa shape index (κ1) is 28.9. The molecular formula is C35H30N2O5S2. The van der Waals surface area contributed by atoms with Crippen LogP contribution in [0.3, 0.4) is 0 Å². The number of thioether (sulfide) groups is 1. The number of rotatable bonds is 8. The maximum absolute atomic E-state index is 12.9. The van der Waals surface area contributed by atoms with E-state index in [0.29, 0.717) is 16.9 Å². The molecule has 1 N–H and O–H groups in total. The third kappa shape index (κ3) is 5.58. The predicted octanol–water partition coefficient (Wildman–Crippen LogP) is 7.17. The van der Waals surface area contributed by atoms with E-state index in [1.54, 1.807) is 47.4 Å². The van der Waals surface area contributed by atoms with E-state index in [1.165, 1.54) is 4.90 Å². The lowest BCUT2D eigenvalue weighted by atomic mass is 9.91. The second-order valence-electron chi connectivity index (χ2n) is 11.1. The maximum Gasteiger partial charge on any atom is 0.261 e. The fraction of sp³-hybridized carbons (Fsp3) is 0.229. The molecule has 7 nitrogen and oxygen atoms in total. The molecule has 5 aromatic rings. The van der Waals surface area contributed by atoms with Gasteiger partial charge in [0, 0.05) is 17.2 Å². The van der Waals surface area contributed by atoms with Gasteiger partial charge in [0.1, 0.15) is 0 Å². The van der Waals surface area contributed by atoms with E-state index < -0.39 is 6.29 Å². The van der Waals surface area contributed by atoms with Gasteiger partial charge in [0.15, 0.2) is 10.6 Å². The van der Waals surface area contributed by atoms with Gasteiger partial charge >= 0.3 is 0 Å². The lowest BCUT2D eigenvalue weighted by Gasteiger charge is -2.41. The molecule has 7 rings (SSSR count). The number of ether oxygens (including phenoxy) is 2. The quantitative estimate of drug-likeness (QED) is 0.145. The number of nitrogens with zero attached hydrogens (tertiary/aromatic N) is 2. The molecule has 1 aromatic heterocycles. The Morgan fingerprint density at radius 1 is 0.818 bits per heavy atom. The molecule has 1 fully saturated rings. The van der Waals surface area contributed by atoms with Crippen LogP contribution < -0.4 is 0 Å². The van der Waals surface area contributed by atoms with Gasteiger partial charge in [-0.2, -0.15) is 0 Å². The largest absolute Gasteiger partial charge is 0.392 e. The number of carbonyl (C=O) groups is 2. The third-order valence-electron chi connectivity index (χ3n) is 8.24. The van der Waals surface area contributed by atoms with Crippen molar-refractivity contribution >= 4 is 45.1 Å². The van der Waals surface area contributed by atoms with Crippen molar-refractivity contribution in [2.75, 3.05) is 5.75 Å². The van der Waals surface area contributed by atoms with Gasteiger partial charge in [-0.25, -0.2) is 4.98 Å². The molecule has 1 saturated heterocycles. The number of para-hydroxylation sites is 1. The lowest BCUT2D eigenvalue weighted by Crippen LogP contribution is -2.38. The van der Waals surface area contributed by atoms with Gasteiger partial charge in [0.2, 0.25) is 0 Å². The first-order chi connectivity index (χ1) is 21.5. The van der Waals surface area contributed by atoms with Crippen LogP contribution in [0, 0.1) is 5.92 Å². The van der Waals surface area contributed by atoms with Crippen molar-refractivity contribution in [3.8, 4) is 0 Å². The second kappa shape index (κ2) is 12.3. The average Bonchev–Trinajstić information content (AvgIpc) is 3.59. The Balaban J connectivity index is 1.10. The Morgan fingerprint density at radius 2 is 1.45 bits per heavy atom. The Kier molecular flexibility index (Phi) is 8.05. The van der Waals surface area contributed by atoms with Crippen molar-refractivity contribution in [2.45, 2.75) is 42.9 Å².